The molecule has 1 unspecified atom stereocenters. The molecule has 2 aromatic heterocycles. The summed E-state index contributed by atoms with van der Waals surface area (Å²) in [5.74, 6) is -1.60. The van der Waals surface area contributed by atoms with Crippen molar-refractivity contribution < 1.29 is 58.7 Å². The number of carbonyl (C=O) groups is 3. The largest absolute Gasteiger partial charge is 1.00 e. The molecule has 16 heteroatoms. The molecule has 0 radical (unpaired) electrons. The number of carbonyl (C=O) groups excluding carboxylic acids is 3. The topological polar surface area (TPSA) is 177 Å². The van der Waals surface area contributed by atoms with E-state index >= 15 is 0 Å². The second-order valence-electron chi connectivity index (χ2n) is 6.59. The number of aryl methyl sites for hydroxylation is 1. The average molecular weight is 507 g/mol. The number of aromatic nitrogens is 3. The second-order valence-corrected chi connectivity index (χ2v) is 9.48. The molecular weight excluding hydrogens is 491 g/mol. The van der Waals surface area contributed by atoms with Crippen LogP contribution < -0.4 is 44.8 Å². The Morgan fingerprint density at radius 2 is 2.22 bits per heavy atom. The van der Waals surface area contributed by atoms with Gasteiger partial charge >= 0.3 is 29.6 Å². The van der Waals surface area contributed by atoms with Gasteiger partial charge < -0.3 is 24.8 Å². The zero-order chi connectivity index (χ0) is 22.3. The van der Waals surface area contributed by atoms with Crippen molar-refractivity contribution in [3.63, 3.8) is 0 Å². The smallest absolute Gasteiger partial charge is 0.543 e. The molecule has 0 aliphatic carbocycles. The number of hydrogen-bond donors (Lipinski definition) is 3. The molecule has 1 fully saturated rings. The van der Waals surface area contributed by atoms with Gasteiger partial charge in [0.1, 0.15) is 11.4 Å². The van der Waals surface area contributed by atoms with E-state index in [2.05, 4.69) is 15.5 Å². The van der Waals surface area contributed by atoms with Gasteiger partial charge in [0.2, 0.25) is 16.6 Å². The molecule has 0 aromatic carbocycles. The summed E-state index contributed by atoms with van der Waals surface area (Å²) < 4.78 is 5.86. The van der Waals surface area contributed by atoms with E-state index in [4.69, 9.17) is 9.83 Å². The number of hydrogen-bond acceptors (Lipinski definition) is 12. The van der Waals surface area contributed by atoms with Gasteiger partial charge in [-0.25, -0.2) is 0 Å². The summed E-state index contributed by atoms with van der Waals surface area (Å²) in [6, 6.07) is -0.888. The molecule has 4 heterocycles. The van der Waals surface area contributed by atoms with E-state index < -0.39 is 29.2 Å². The van der Waals surface area contributed by atoms with Crippen LogP contribution in [0, 0.1) is 12.3 Å². The number of nitrogens with zero attached hydrogens (tertiary/aromatic N) is 4. The summed E-state index contributed by atoms with van der Waals surface area (Å²) in [4.78, 5) is 37.7. The molecule has 0 spiro atoms. The number of amides is 2. The molecular formula is C16H15N6NaO6S3. The standard InChI is InChI=1S/C16H16N6O6S3.Na/c1-6-19-20-16(28-6)31-4-7-3-29-13-10(12(24)21(13)11(7)14(25)26)18-9(23)2-8-5-30-15(17)22(8)27;/h5,10,13,17,27H,2-4H2,1H3,(H,18,23)(H,25,26);/q;+1/p-1/t10?,13-;/m1./s1. The minimum atomic E-state index is -1.47. The van der Waals surface area contributed by atoms with E-state index in [0.29, 0.717) is 27.2 Å². The quantitative estimate of drug-likeness (QED) is 0.144. The Morgan fingerprint density at radius 3 is 2.81 bits per heavy atom. The summed E-state index contributed by atoms with van der Waals surface area (Å²) in [5.41, 5.74) is 0.508. The molecule has 2 atom stereocenters. The van der Waals surface area contributed by atoms with Gasteiger partial charge in [-0.1, -0.05) is 11.8 Å². The number of thiazole rings is 1. The van der Waals surface area contributed by atoms with E-state index in [0.717, 1.165) is 28.0 Å². The zero-order valence-corrected chi connectivity index (χ0v) is 21.3. The van der Waals surface area contributed by atoms with Gasteiger partial charge in [-0.15, -0.1) is 33.3 Å². The van der Waals surface area contributed by atoms with Crippen molar-refractivity contribution in [1.82, 2.24) is 25.1 Å². The first-order chi connectivity index (χ1) is 14.8. The third kappa shape index (κ3) is 4.77. The molecule has 12 nitrogen and oxygen atoms in total. The van der Waals surface area contributed by atoms with Gasteiger partial charge in [0.15, 0.2) is 0 Å². The first-order valence-electron chi connectivity index (χ1n) is 8.80. The number of nitrogens with one attached hydrogen (secondary N) is 2. The molecule has 2 aliphatic rings. The first kappa shape index (κ1) is 24.9. The third-order valence-electron chi connectivity index (χ3n) is 4.55. The molecule has 0 saturated carbocycles. The first-order valence-corrected chi connectivity index (χ1v) is 11.7. The molecule has 32 heavy (non-hydrogen) atoms. The van der Waals surface area contributed by atoms with Crippen LogP contribution in [0.4, 0.5) is 0 Å². The van der Waals surface area contributed by atoms with Crippen LogP contribution in [0.3, 0.4) is 0 Å². The van der Waals surface area contributed by atoms with Crippen molar-refractivity contribution in [3.8, 4) is 0 Å². The number of rotatable bonds is 7. The molecule has 2 amide bonds. The monoisotopic (exact) mass is 506 g/mol. The maximum Gasteiger partial charge on any atom is 1.00 e. The van der Waals surface area contributed by atoms with Gasteiger partial charge in [0, 0.05) is 23.8 Å². The summed E-state index contributed by atoms with van der Waals surface area (Å²) in [6.45, 7) is 1.64. The average Bonchev–Trinajstić information content (AvgIpc) is 3.29. The van der Waals surface area contributed by atoms with Crippen molar-refractivity contribution in [2.45, 2.75) is 30.0 Å². The van der Waals surface area contributed by atoms with Crippen LogP contribution >= 0.6 is 34.9 Å². The summed E-state index contributed by atoms with van der Waals surface area (Å²) in [7, 11) is 0. The number of aliphatic carboxylic acids is 1. The number of β-lactam (4-membered cyclic amide) rings is 1. The Hall–Kier alpha value is -1.78. The third-order valence-corrected chi connectivity index (χ3v) is 7.58. The van der Waals surface area contributed by atoms with E-state index in [1.165, 1.54) is 17.1 Å². The maximum absolute atomic E-state index is 12.6. The second kappa shape index (κ2) is 10.0. The predicted octanol–water partition coefficient (Wildman–Crippen LogP) is -4.30. The van der Waals surface area contributed by atoms with E-state index in [1.807, 2.05) is 0 Å². The van der Waals surface area contributed by atoms with Gasteiger partial charge in [0.05, 0.1) is 23.8 Å². The van der Waals surface area contributed by atoms with Crippen LogP contribution in [0.1, 0.15) is 11.6 Å². The summed E-state index contributed by atoms with van der Waals surface area (Å²) in [5, 5.41) is 40.2. The molecule has 2 aliphatic heterocycles. The van der Waals surface area contributed by atoms with Crippen molar-refractivity contribution in [3.05, 3.63) is 33.0 Å². The minimum absolute atomic E-state index is 0. The Balaban J connectivity index is 0.00000289. The van der Waals surface area contributed by atoms with Crippen LogP contribution in [-0.2, 0) is 20.8 Å². The summed E-state index contributed by atoms with van der Waals surface area (Å²) in [6.07, 6.45) is -0.221. The van der Waals surface area contributed by atoms with Gasteiger partial charge in [-0.3, -0.25) is 19.9 Å². The fraction of sp³-hybridized carbons (Fsp3) is 0.375. The van der Waals surface area contributed by atoms with Crippen molar-refractivity contribution in [2.75, 3.05) is 11.5 Å². The Labute approximate surface area is 215 Å². The van der Waals surface area contributed by atoms with Crippen LogP contribution in [0.5, 0.6) is 0 Å². The minimum Gasteiger partial charge on any atom is -0.543 e. The molecule has 0 bridgehead atoms. The van der Waals surface area contributed by atoms with Crippen LogP contribution in [0.2, 0.25) is 0 Å². The maximum atomic E-state index is 12.6. The van der Waals surface area contributed by atoms with E-state index in [1.54, 1.807) is 6.92 Å². The van der Waals surface area contributed by atoms with E-state index in [-0.39, 0.29) is 57.9 Å². The number of fused-ring (bicyclic) bond motifs is 1. The zero-order valence-electron chi connectivity index (χ0n) is 16.9. The predicted molar refractivity (Wildman–Crippen MR) is 106 cm³/mol. The molecule has 2 aromatic rings. The molecule has 1 saturated heterocycles. The number of thioether (sulfide) groups is 2. The SMILES string of the molecule is Cc1nnc(SCC2=C(C(=O)[O-])N3C(=O)C(NC(=O)Cc4csc(=N)n4O)[C@H]3SC2)o1.[Na+]. The van der Waals surface area contributed by atoms with Gasteiger partial charge in [0.25, 0.3) is 11.1 Å². The molecule has 164 valence electrons. The van der Waals surface area contributed by atoms with Crippen molar-refractivity contribution >= 4 is 52.6 Å². The van der Waals surface area contributed by atoms with Crippen LogP contribution in [0.25, 0.3) is 0 Å². The van der Waals surface area contributed by atoms with E-state index in [9.17, 15) is 24.7 Å². The number of carboxylic acids is 1. The van der Waals surface area contributed by atoms with Gasteiger partial charge in [-0.05, 0) is 5.57 Å². The Bertz CT molecular complexity index is 1160. The normalized spacial score (nSPS) is 19.8. The van der Waals surface area contributed by atoms with Crippen molar-refractivity contribution in [1.29, 1.82) is 5.41 Å². The fourth-order valence-corrected chi connectivity index (χ4v) is 6.07. The number of carboxylic acid groups (broad SMARTS) is 1. The van der Waals surface area contributed by atoms with Crippen LogP contribution in [0.15, 0.2) is 26.3 Å². The Morgan fingerprint density at radius 1 is 1.47 bits per heavy atom. The van der Waals surface area contributed by atoms with Gasteiger partial charge in [-0.2, -0.15) is 4.73 Å². The summed E-state index contributed by atoms with van der Waals surface area (Å²) >= 11 is 3.46. The molecule has 3 N–H and O–H groups in total. The van der Waals surface area contributed by atoms with Crippen LogP contribution in [-0.4, -0.2) is 65.7 Å². The van der Waals surface area contributed by atoms with Crippen molar-refractivity contribution in [2.24, 2.45) is 0 Å². The Kier molecular flexibility index (Phi) is 7.77. The molecule has 4 rings (SSSR count). The fourth-order valence-electron chi connectivity index (χ4n) is 3.13.